The van der Waals surface area contributed by atoms with E-state index in [2.05, 4.69) is 12.3 Å². The van der Waals surface area contributed by atoms with Crippen LogP contribution in [0.2, 0.25) is 0 Å². The Bertz CT molecular complexity index is 387. The first kappa shape index (κ1) is 11.6. The average Bonchev–Trinajstić information content (AvgIpc) is 2.90. The molecule has 0 radical (unpaired) electrons. The lowest BCUT2D eigenvalue weighted by Gasteiger charge is -2.25. The Labute approximate surface area is 96.0 Å². The largest absolute Gasteiger partial charge is 0.271 e. The standard InChI is InChI=1S/C13H19FN2/c1-8-6-9(2)11(10(14)7-8)12(16-15)13(3)4-5-13/h6-7,12,16H,4-5,15H2,1-3H3. The van der Waals surface area contributed by atoms with Crippen LogP contribution < -0.4 is 11.3 Å². The maximum Gasteiger partial charge on any atom is 0.128 e. The van der Waals surface area contributed by atoms with Gasteiger partial charge in [-0.2, -0.15) is 0 Å². The van der Waals surface area contributed by atoms with Crippen LogP contribution in [0, 0.1) is 25.1 Å². The van der Waals surface area contributed by atoms with Crippen LogP contribution in [0.3, 0.4) is 0 Å². The van der Waals surface area contributed by atoms with E-state index in [0.717, 1.165) is 29.5 Å². The van der Waals surface area contributed by atoms with Crippen LogP contribution in [0.5, 0.6) is 0 Å². The van der Waals surface area contributed by atoms with Crippen LogP contribution in [0.25, 0.3) is 0 Å². The zero-order chi connectivity index (χ0) is 11.9. The Morgan fingerprint density at radius 3 is 2.44 bits per heavy atom. The molecule has 88 valence electrons. The number of rotatable bonds is 3. The van der Waals surface area contributed by atoms with Gasteiger partial charge in [0.2, 0.25) is 0 Å². The molecule has 0 spiro atoms. The number of nitrogens with two attached hydrogens (primary N) is 1. The van der Waals surface area contributed by atoms with Gasteiger partial charge in [-0.1, -0.05) is 13.0 Å². The Morgan fingerprint density at radius 2 is 2.00 bits per heavy atom. The minimum atomic E-state index is -0.145. The molecule has 1 aromatic rings. The van der Waals surface area contributed by atoms with Crippen molar-refractivity contribution in [1.29, 1.82) is 0 Å². The van der Waals surface area contributed by atoms with Crippen molar-refractivity contribution in [3.63, 3.8) is 0 Å². The van der Waals surface area contributed by atoms with Gasteiger partial charge in [0.25, 0.3) is 0 Å². The summed E-state index contributed by atoms with van der Waals surface area (Å²) in [6.07, 6.45) is 2.21. The number of hydrogen-bond donors (Lipinski definition) is 2. The topological polar surface area (TPSA) is 38.0 Å². The predicted molar refractivity (Wildman–Crippen MR) is 63.3 cm³/mol. The van der Waals surface area contributed by atoms with Gasteiger partial charge in [0, 0.05) is 5.56 Å². The fourth-order valence-electron chi connectivity index (χ4n) is 2.41. The monoisotopic (exact) mass is 222 g/mol. The van der Waals surface area contributed by atoms with Crippen molar-refractivity contribution in [2.75, 3.05) is 0 Å². The summed E-state index contributed by atoms with van der Waals surface area (Å²) in [5.74, 6) is 5.45. The maximum atomic E-state index is 14.0. The highest BCUT2D eigenvalue weighted by Crippen LogP contribution is 2.54. The summed E-state index contributed by atoms with van der Waals surface area (Å²) in [6, 6.07) is 3.51. The van der Waals surface area contributed by atoms with Gasteiger partial charge in [-0.3, -0.25) is 11.3 Å². The highest BCUT2D eigenvalue weighted by molar-refractivity contribution is 5.36. The Kier molecular flexibility index (Phi) is 2.76. The molecule has 0 saturated heterocycles. The van der Waals surface area contributed by atoms with Gasteiger partial charge in [-0.15, -0.1) is 0 Å². The van der Waals surface area contributed by atoms with Crippen molar-refractivity contribution in [3.05, 3.63) is 34.6 Å². The minimum absolute atomic E-state index is 0.0758. The number of nitrogens with one attached hydrogen (secondary N) is 1. The highest BCUT2D eigenvalue weighted by Gasteiger charge is 2.46. The first-order valence-corrected chi connectivity index (χ1v) is 5.71. The van der Waals surface area contributed by atoms with Gasteiger partial charge in [0.1, 0.15) is 5.82 Å². The zero-order valence-corrected chi connectivity index (χ0v) is 10.1. The highest BCUT2D eigenvalue weighted by atomic mass is 19.1. The average molecular weight is 222 g/mol. The zero-order valence-electron chi connectivity index (χ0n) is 10.1. The third-order valence-corrected chi connectivity index (χ3v) is 3.67. The third-order valence-electron chi connectivity index (χ3n) is 3.67. The number of hydrazine groups is 1. The van der Waals surface area contributed by atoms with Crippen LogP contribution in [0.4, 0.5) is 4.39 Å². The van der Waals surface area contributed by atoms with E-state index in [-0.39, 0.29) is 17.3 Å². The molecule has 0 aliphatic heterocycles. The van der Waals surface area contributed by atoms with Crippen LogP contribution >= 0.6 is 0 Å². The van der Waals surface area contributed by atoms with E-state index in [0.29, 0.717) is 0 Å². The Hall–Kier alpha value is -0.930. The van der Waals surface area contributed by atoms with Crippen LogP contribution in [-0.4, -0.2) is 0 Å². The van der Waals surface area contributed by atoms with Crippen molar-refractivity contribution in [3.8, 4) is 0 Å². The van der Waals surface area contributed by atoms with Crippen molar-refractivity contribution < 1.29 is 4.39 Å². The first-order chi connectivity index (χ1) is 7.48. The summed E-state index contributed by atoms with van der Waals surface area (Å²) in [6.45, 7) is 6.00. The second kappa shape index (κ2) is 3.82. The van der Waals surface area contributed by atoms with Crippen LogP contribution in [0.15, 0.2) is 12.1 Å². The number of hydrogen-bond acceptors (Lipinski definition) is 2. The van der Waals surface area contributed by atoms with Gasteiger partial charge in [-0.05, 0) is 49.3 Å². The summed E-state index contributed by atoms with van der Waals surface area (Å²) < 4.78 is 14.0. The van der Waals surface area contributed by atoms with Crippen molar-refractivity contribution in [2.45, 2.75) is 39.7 Å². The van der Waals surface area contributed by atoms with E-state index in [1.807, 2.05) is 19.9 Å². The molecule has 3 heteroatoms. The molecule has 0 bridgehead atoms. The molecule has 1 aliphatic carbocycles. The summed E-state index contributed by atoms with van der Waals surface area (Å²) in [5.41, 5.74) is 5.57. The summed E-state index contributed by atoms with van der Waals surface area (Å²) >= 11 is 0. The summed E-state index contributed by atoms with van der Waals surface area (Å²) in [7, 11) is 0. The lowest BCUT2D eigenvalue weighted by molar-refractivity contribution is 0.358. The Morgan fingerprint density at radius 1 is 1.38 bits per heavy atom. The molecule has 0 aromatic heterocycles. The van der Waals surface area contributed by atoms with Gasteiger partial charge >= 0.3 is 0 Å². The molecule has 2 nitrogen and oxygen atoms in total. The molecule has 1 fully saturated rings. The lowest BCUT2D eigenvalue weighted by Crippen LogP contribution is -2.34. The molecule has 1 unspecified atom stereocenters. The maximum absolute atomic E-state index is 14.0. The lowest BCUT2D eigenvalue weighted by atomic mass is 9.88. The van der Waals surface area contributed by atoms with Crippen LogP contribution in [0.1, 0.15) is 42.5 Å². The molecule has 3 N–H and O–H groups in total. The molecular formula is C13H19FN2. The number of aryl methyl sites for hydroxylation is 2. The molecule has 0 amide bonds. The van der Waals surface area contributed by atoms with Gasteiger partial charge in [0.15, 0.2) is 0 Å². The predicted octanol–water partition coefficient (Wildman–Crippen LogP) is 2.75. The molecule has 1 aliphatic rings. The van der Waals surface area contributed by atoms with E-state index in [1.165, 1.54) is 0 Å². The van der Waals surface area contributed by atoms with E-state index in [4.69, 9.17) is 5.84 Å². The number of benzene rings is 1. The normalized spacial score (nSPS) is 19.6. The SMILES string of the molecule is Cc1cc(C)c(C(NN)C2(C)CC2)c(F)c1. The summed E-state index contributed by atoms with van der Waals surface area (Å²) in [4.78, 5) is 0. The van der Waals surface area contributed by atoms with Gasteiger partial charge in [0.05, 0.1) is 6.04 Å². The Balaban J connectivity index is 2.46. The first-order valence-electron chi connectivity index (χ1n) is 5.71. The quantitative estimate of drug-likeness (QED) is 0.609. The second-order valence-electron chi connectivity index (χ2n) is 5.23. The third kappa shape index (κ3) is 1.85. The minimum Gasteiger partial charge on any atom is -0.271 e. The van der Waals surface area contributed by atoms with E-state index >= 15 is 0 Å². The van der Waals surface area contributed by atoms with Crippen molar-refractivity contribution in [1.82, 2.24) is 5.43 Å². The summed E-state index contributed by atoms with van der Waals surface area (Å²) in [5, 5.41) is 0. The molecular weight excluding hydrogens is 203 g/mol. The molecule has 2 rings (SSSR count). The van der Waals surface area contributed by atoms with E-state index < -0.39 is 0 Å². The molecule has 16 heavy (non-hydrogen) atoms. The van der Waals surface area contributed by atoms with Crippen molar-refractivity contribution >= 4 is 0 Å². The second-order valence-corrected chi connectivity index (χ2v) is 5.23. The van der Waals surface area contributed by atoms with Gasteiger partial charge < -0.3 is 0 Å². The molecule has 1 atom stereocenters. The molecule has 1 aromatic carbocycles. The number of halogens is 1. The molecule has 1 saturated carbocycles. The fourth-order valence-corrected chi connectivity index (χ4v) is 2.41. The fraction of sp³-hybridized carbons (Fsp3) is 0.538. The van der Waals surface area contributed by atoms with Crippen molar-refractivity contribution in [2.24, 2.45) is 11.3 Å². The van der Waals surface area contributed by atoms with E-state index in [1.54, 1.807) is 6.07 Å². The van der Waals surface area contributed by atoms with E-state index in [9.17, 15) is 4.39 Å². The van der Waals surface area contributed by atoms with Gasteiger partial charge in [-0.25, -0.2) is 4.39 Å². The smallest absolute Gasteiger partial charge is 0.128 e. The molecule has 0 heterocycles. The van der Waals surface area contributed by atoms with Crippen LogP contribution in [-0.2, 0) is 0 Å².